The van der Waals surface area contributed by atoms with Gasteiger partial charge in [0.25, 0.3) is 6.29 Å². The van der Waals surface area contributed by atoms with E-state index in [1.165, 1.54) is 31.2 Å². The Morgan fingerprint density at radius 1 is 1.18 bits per heavy atom. The van der Waals surface area contributed by atoms with Gasteiger partial charge in [0.2, 0.25) is 0 Å². The minimum atomic E-state index is -1.03. The lowest BCUT2D eigenvalue weighted by atomic mass is 10.1. The van der Waals surface area contributed by atoms with E-state index in [9.17, 15) is 14.4 Å². The second-order valence-corrected chi connectivity index (χ2v) is 4.41. The zero-order valence-corrected chi connectivity index (χ0v) is 12.5. The van der Waals surface area contributed by atoms with Crippen molar-refractivity contribution in [1.82, 2.24) is 0 Å². The topological polar surface area (TPSA) is 78.9 Å². The maximum Gasteiger partial charge on any atom is 0.516 e. The number of ketones is 1. The molecule has 0 radical (unpaired) electrons. The van der Waals surface area contributed by atoms with E-state index in [0.717, 1.165) is 6.08 Å². The van der Waals surface area contributed by atoms with Gasteiger partial charge in [-0.1, -0.05) is 13.5 Å². The molecule has 1 atom stereocenters. The Kier molecular flexibility index (Phi) is 6.82. The van der Waals surface area contributed by atoms with Gasteiger partial charge in [0.15, 0.2) is 5.78 Å². The molecule has 0 bridgehead atoms. The minimum absolute atomic E-state index is 0.0894. The van der Waals surface area contributed by atoms with Crippen molar-refractivity contribution in [3.05, 3.63) is 42.5 Å². The van der Waals surface area contributed by atoms with Crippen LogP contribution in [0.3, 0.4) is 0 Å². The normalized spacial score (nSPS) is 11.2. The summed E-state index contributed by atoms with van der Waals surface area (Å²) in [7, 11) is 0. The molecular weight excluding hydrogens is 288 g/mol. The van der Waals surface area contributed by atoms with E-state index in [0.29, 0.717) is 18.4 Å². The summed E-state index contributed by atoms with van der Waals surface area (Å²) < 4.78 is 14.8. The molecule has 0 N–H and O–H groups in total. The van der Waals surface area contributed by atoms with Crippen LogP contribution in [0.5, 0.6) is 5.75 Å². The fraction of sp³-hybridized carbons (Fsp3) is 0.312. The van der Waals surface area contributed by atoms with E-state index in [2.05, 4.69) is 6.58 Å². The minimum Gasteiger partial charge on any atom is -0.422 e. The van der Waals surface area contributed by atoms with Gasteiger partial charge in [-0.25, -0.2) is 9.59 Å². The summed E-state index contributed by atoms with van der Waals surface area (Å²) in [4.78, 5) is 33.9. The molecule has 1 aromatic rings. The lowest BCUT2D eigenvalue weighted by molar-refractivity contribution is -0.164. The van der Waals surface area contributed by atoms with Crippen molar-refractivity contribution < 1.29 is 28.6 Å². The average molecular weight is 306 g/mol. The first-order chi connectivity index (χ1) is 10.5. The highest BCUT2D eigenvalue weighted by Gasteiger charge is 2.18. The van der Waals surface area contributed by atoms with Crippen LogP contribution in [0.1, 0.15) is 37.0 Å². The summed E-state index contributed by atoms with van der Waals surface area (Å²) in [5.41, 5.74) is 0.504. The van der Waals surface area contributed by atoms with Crippen molar-refractivity contribution in [2.45, 2.75) is 33.0 Å². The van der Waals surface area contributed by atoms with Crippen LogP contribution in [0.25, 0.3) is 0 Å². The number of carbonyl (C=O) groups is 3. The van der Waals surface area contributed by atoms with E-state index in [-0.39, 0.29) is 11.5 Å². The summed E-state index contributed by atoms with van der Waals surface area (Å²) in [6.45, 7) is 6.56. The monoisotopic (exact) mass is 306 g/mol. The van der Waals surface area contributed by atoms with Crippen LogP contribution in [0.15, 0.2) is 36.9 Å². The van der Waals surface area contributed by atoms with Crippen LogP contribution in [0, 0.1) is 0 Å². The van der Waals surface area contributed by atoms with E-state index in [4.69, 9.17) is 14.2 Å². The van der Waals surface area contributed by atoms with Gasteiger partial charge in [-0.3, -0.25) is 4.79 Å². The molecule has 1 unspecified atom stereocenters. The van der Waals surface area contributed by atoms with Crippen LogP contribution >= 0.6 is 0 Å². The molecule has 0 spiro atoms. The predicted molar refractivity (Wildman–Crippen MR) is 78.5 cm³/mol. The van der Waals surface area contributed by atoms with Gasteiger partial charge in [0.1, 0.15) is 5.75 Å². The largest absolute Gasteiger partial charge is 0.516 e. The highest BCUT2D eigenvalue weighted by Crippen LogP contribution is 2.14. The van der Waals surface area contributed by atoms with Crippen molar-refractivity contribution in [3.8, 4) is 5.75 Å². The fourth-order valence-electron chi connectivity index (χ4n) is 1.54. The lowest BCUT2D eigenvalue weighted by Crippen LogP contribution is -2.25. The maximum atomic E-state index is 11.7. The quantitative estimate of drug-likeness (QED) is 0.253. The van der Waals surface area contributed by atoms with Crippen LogP contribution in [-0.2, 0) is 14.3 Å². The van der Waals surface area contributed by atoms with Crippen LogP contribution < -0.4 is 4.74 Å². The highest BCUT2D eigenvalue weighted by molar-refractivity contribution is 5.94. The number of hydrogen-bond acceptors (Lipinski definition) is 6. The zero-order chi connectivity index (χ0) is 16.5. The van der Waals surface area contributed by atoms with Crippen LogP contribution in [0.2, 0.25) is 0 Å². The van der Waals surface area contributed by atoms with E-state index in [1.807, 2.05) is 6.92 Å². The van der Waals surface area contributed by atoms with Crippen molar-refractivity contribution in [2.24, 2.45) is 0 Å². The molecule has 0 aromatic heterocycles. The Balaban J connectivity index is 2.60. The Bertz CT molecular complexity index is 546. The number of benzene rings is 1. The Hall–Kier alpha value is -2.63. The third kappa shape index (κ3) is 5.78. The number of carbonyl (C=O) groups excluding carboxylic acids is 3. The van der Waals surface area contributed by atoms with Crippen LogP contribution in [0.4, 0.5) is 4.79 Å². The fourth-order valence-corrected chi connectivity index (χ4v) is 1.54. The average Bonchev–Trinajstić information content (AvgIpc) is 2.47. The van der Waals surface area contributed by atoms with Gasteiger partial charge in [0.05, 0.1) is 0 Å². The summed E-state index contributed by atoms with van der Waals surface area (Å²) >= 11 is 0. The van der Waals surface area contributed by atoms with Crippen molar-refractivity contribution >= 4 is 17.9 Å². The van der Waals surface area contributed by atoms with E-state index >= 15 is 0 Å². The molecule has 0 amide bonds. The van der Waals surface area contributed by atoms with Gasteiger partial charge in [-0.15, -0.1) is 0 Å². The molecule has 0 aliphatic rings. The second-order valence-electron chi connectivity index (χ2n) is 4.41. The zero-order valence-electron chi connectivity index (χ0n) is 12.5. The third-order valence-electron chi connectivity index (χ3n) is 2.63. The van der Waals surface area contributed by atoms with Crippen molar-refractivity contribution in [3.63, 3.8) is 0 Å². The highest BCUT2D eigenvalue weighted by atomic mass is 16.8. The second kappa shape index (κ2) is 8.61. The van der Waals surface area contributed by atoms with Gasteiger partial charge in [0, 0.05) is 18.1 Å². The predicted octanol–water partition coefficient (Wildman–Crippen LogP) is 3.26. The lowest BCUT2D eigenvalue weighted by Gasteiger charge is -2.16. The smallest absolute Gasteiger partial charge is 0.422 e. The molecule has 0 heterocycles. The standard InChI is InChI=1S/C16H18O6/c1-4-6-15(21-14(18)5-2)22-16(19)20-13-9-7-12(8-10-13)11(3)17/h5,7-10,15H,2,4,6H2,1,3H3. The summed E-state index contributed by atoms with van der Waals surface area (Å²) in [5.74, 6) is -0.550. The molecule has 1 aromatic carbocycles. The SMILES string of the molecule is C=CC(=O)OC(CCC)OC(=O)Oc1ccc(C(C)=O)cc1. The number of Topliss-reactive ketones (excluding diaryl/α,β-unsaturated/α-hetero) is 1. The molecular formula is C16H18O6. The Morgan fingerprint density at radius 2 is 1.82 bits per heavy atom. The summed E-state index contributed by atoms with van der Waals surface area (Å²) in [6.07, 6.45) is -0.0451. The molecule has 1 rings (SSSR count). The molecule has 6 nitrogen and oxygen atoms in total. The first-order valence-electron chi connectivity index (χ1n) is 6.78. The number of hydrogen-bond donors (Lipinski definition) is 0. The first kappa shape index (κ1) is 17.4. The molecule has 6 heteroatoms. The molecule has 0 aliphatic heterocycles. The summed E-state index contributed by atoms with van der Waals surface area (Å²) in [6, 6.07) is 6.02. The van der Waals surface area contributed by atoms with E-state index in [1.54, 1.807) is 0 Å². The van der Waals surface area contributed by atoms with Crippen molar-refractivity contribution in [2.75, 3.05) is 0 Å². The van der Waals surface area contributed by atoms with Gasteiger partial charge in [-0.2, -0.15) is 0 Å². The van der Waals surface area contributed by atoms with Crippen LogP contribution in [-0.4, -0.2) is 24.2 Å². The third-order valence-corrected chi connectivity index (χ3v) is 2.63. The molecule has 0 saturated carbocycles. The first-order valence-corrected chi connectivity index (χ1v) is 6.78. The number of ether oxygens (including phenoxy) is 3. The molecule has 0 fully saturated rings. The Labute approximate surface area is 128 Å². The van der Waals surface area contributed by atoms with Gasteiger partial charge < -0.3 is 14.2 Å². The molecule has 118 valence electrons. The summed E-state index contributed by atoms with van der Waals surface area (Å²) in [5, 5.41) is 0. The number of rotatable bonds is 7. The number of esters is 1. The molecule has 22 heavy (non-hydrogen) atoms. The van der Waals surface area contributed by atoms with E-state index < -0.39 is 18.4 Å². The van der Waals surface area contributed by atoms with Crippen molar-refractivity contribution in [1.29, 1.82) is 0 Å². The molecule has 0 saturated heterocycles. The van der Waals surface area contributed by atoms with Gasteiger partial charge >= 0.3 is 12.1 Å². The maximum absolute atomic E-state index is 11.7. The Morgan fingerprint density at radius 3 is 2.32 bits per heavy atom. The molecule has 0 aliphatic carbocycles. The van der Waals surface area contributed by atoms with Gasteiger partial charge in [-0.05, 0) is 37.6 Å².